The summed E-state index contributed by atoms with van der Waals surface area (Å²) in [6.07, 6.45) is 1.45. The zero-order valence-electron chi connectivity index (χ0n) is 13.5. The topological polar surface area (TPSA) is 80.5 Å². The third-order valence-corrected chi connectivity index (χ3v) is 5.26. The van der Waals surface area contributed by atoms with Crippen molar-refractivity contribution < 1.29 is 13.3 Å². The number of benzene rings is 2. The van der Waals surface area contributed by atoms with E-state index < -0.39 is 20.6 Å². The minimum Gasteiger partial charge on any atom is -0.262 e. The summed E-state index contributed by atoms with van der Waals surface area (Å²) in [6, 6.07) is 10.7. The number of hydrogen-bond donors (Lipinski definition) is 0. The third kappa shape index (κ3) is 3.46. The number of aryl methyl sites for hydroxylation is 2. The van der Waals surface area contributed by atoms with E-state index >= 15 is 0 Å². The quantitative estimate of drug-likeness (QED) is 0.455. The second-order valence-corrected chi connectivity index (χ2v) is 7.23. The highest BCUT2D eigenvalue weighted by Gasteiger charge is 2.31. The summed E-state index contributed by atoms with van der Waals surface area (Å²) >= 11 is 0. The number of rotatable bonds is 6. The minimum atomic E-state index is -4.11. The van der Waals surface area contributed by atoms with Gasteiger partial charge in [-0.1, -0.05) is 24.3 Å². The highest BCUT2D eigenvalue weighted by Crippen LogP contribution is 2.30. The smallest absolute Gasteiger partial charge is 0.262 e. The lowest BCUT2D eigenvalue weighted by molar-refractivity contribution is -0.387. The molecule has 2 aromatic rings. The van der Waals surface area contributed by atoms with Crippen LogP contribution >= 0.6 is 0 Å². The first-order valence-electron chi connectivity index (χ1n) is 7.22. The Bertz CT molecular complexity index is 871. The van der Waals surface area contributed by atoms with E-state index in [1.54, 1.807) is 12.1 Å². The van der Waals surface area contributed by atoms with Crippen LogP contribution in [0, 0.1) is 24.0 Å². The molecule has 0 saturated carbocycles. The van der Waals surface area contributed by atoms with Crippen molar-refractivity contribution in [1.82, 2.24) is 0 Å². The lowest BCUT2D eigenvalue weighted by atomic mass is 10.1. The van der Waals surface area contributed by atoms with Gasteiger partial charge in [0.2, 0.25) is 0 Å². The Morgan fingerprint density at radius 3 is 2.29 bits per heavy atom. The van der Waals surface area contributed by atoms with Crippen molar-refractivity contribution in [2.24, 2.45) is 0 Å². The Morgan fingerprint density at radius 1 is 1.17 bits per heavy atom. The van der Waals surface area contributed by atoms with Crippen LogP contribution in [-0.2, 0) is 10.0 Å². The second-order valence-electron chi connectivity index (χ2n) is 5.40. The van der Waals surface area contributed by atoms with Gasteiger partial charge in [-0.15, -0.1) is 6.58 Å². The summed E-state index contributed by atoms with van der Waals surface area (Å²) in [4.78, 5) is 10.2. The van der Waals surface area contributed by atoms with E-state index in [0.29, 0.717) is 5.69 Å². The minimum absolute atomic E-state index is 0.0112. The predicted octanol–water partition coefficient (Wildman–Crippen LogP) is 3.59. The van der Waals surface area contributed by atoms with E-state index in [1.165, 1.54) is 30.3 Å². The molecule has 0 saturated heterocycles. The van der Waals surface area contributed by atoms with Gasteiger partial charge in [-0.2, -0.15) is 0 Å². The molecule has 0 aromatic heterocycles. The Labute approximate surface area is 141 Å². The summed E-state index contributed by atoms with van der Waals surface area (Å²) in [6.45, 7) is 7.33. The van der Waals surface area contributed by atoms with Crippen LogP contribution in [-0.4, -0.2) is 19.9 Å². The van der Waals surface area contributed by atoms with E-state index in [9.17, 15) is 18.5 Å². The van der Waals surface area contributed by atoms with Crippen LogP contribution in [0.5, 0.6) is 0 Å². The van der Waals surface area contributed by atoms with Gasteiger partial charge >= 0.3 is 0 Å². The van der Waals surface area contributed by atoms with Gasteiger partial charge in [0, 0.05) is 6.07 Å². The monoisotopic (exact) mass is 346 g/mol. The summed E-state index contributed by atoms with van der Waals surface area (Å²) in [5, 5.41) is 11.2. The maximum atomic E-state index is 13.0. The predicted molar refractivity (Wildman–Crippen MR) is 93.7 cm³/mol. The molecule has 0 heterocycles. The third-order valence-electron chi connectivity index (χ3n) is 3.42. The highest BCUT2D eigenvalue weighted by molar-refractivity contribution is 7.93. The SMILES string of the molecule is C=CCN(c1cc(C)cc(C)c1)S(=O)(=O)c1ccccc1[N+](=O)[O-]. The van der Waals surface area contributed by atoms with Crippen molar-refractivity contribution in [3.8, 4) is 0 Å². The molecule has 0 aliphatic rings. The molecule has 0 radical (unpaired) electrons. The molecule has 2 aromatic carbocycles. The van der Waals surface area contributed by atoms with Crippen LogP contribution in [0.25, 0.3) is 0 Å². The number of hydrogen-bond acceptors (Lipinski definition) is 4. The molecule has 0 aliphatic carbocycles. The molecule has 0 N–H and O–H groups in total. The van der Waals surface area contributed by atoms with E-state index in [1.807, 2.05) is 19.9 Å². The average Bonchev–Trinajstić information content (AvgIpc) is 2.51. The maximum Gasteiger partial charge on any atom is 0.289 e. The van der Waals surface area contributed by atoms with Gasteiger partial charge in [0.05, 0.1) is 17.2 Å². The first-order valence-corrected chi connectivity index (χ1v) is 8.66. The Hall–Kier alpha value is -2.67. The van der Waals surface area contributed by atoms with Gasteiger partial charge < -0.3 is 0 Å². The van der Waals surface area contributed by atoms with Crippen molar-refractivity contribution in [2.75, 3.05) is 10.8 Å². The molecular formula is C17H18N2O4S. The summed E-state index contributed by atoms with van der Waals surface area (Å²) in [7, 11) is -4.11. The summed E-state index contributed by atoms with van der Waals surface area (Å²) < 4.78 is 27.2. The molecule has 0 amide bonds. The van der Waals surface area contributed by atoms with Crippen LogP contribution in [0.1, 0.15) is 11.1 Å². The van der Waals surface area contributed by atoms with Gasteiger partial charge in [-0.25, -0.2) is 8.42 Å². The standard InChI is InChI=1S/C17H18N2O4S/c1-4-9-18(15-11-13(2)10-14(3)12-15)24(22,23)17-8-6-5-7-16(17)19(20)21/h4-8,10-12H,1,9H2,2-3H3. The molecule has 0 spiro atoms. The number of nitrogens with zero attached hydrogens (tertiary/aromatic N) is 2. The van der Waals surface area contributed by atoms with Crippen molar-refractivity contribution in [3.63, 3.8) is 0 Å². The van der Waals surface area contributed by atoms with Crippen LogP contribution in [0.3, 0.4) is 0 Å². The molecule has 2 rings (SSSR count). The summed E-state index contributed by atoms with van der Waals surface area (Å²) in [5.41, 5.74) is 1.80. The van der Waals surface area contributed by atoms with Gasteiger partial charge in [0.15, 0.2) is 4.90 Å². The van der Waals surface area contributed by atoms with Crippen molar-refractivity contribution in [1.29, 1.82) is 0 Å². The van der Waals surface area contributed by atoms with Crippen molar-refractivity contribution in [2.45, 2.75) is 18.7 Å². The lowest BCUT2D eigenvalue weighted by Gasteiger charge is -2.24. The number of nitro groups is 1. The molecule has 0 unspecified atom stereocenters. The average molecular weight is 346 g/mol. The maximum absolute atomic E-state index is 13.0. The molecule has 0 aliphatic heterocycles. The van der Waals surface area contributed by atoms with Crippen molar-refractivity contribution >= 4 is 21.4 Å². The number of para-hydroxylation sites is 1. The molecule has 0 fully saturated rings. The fourth-order valence-electron chi connectivity index (χ4n) is 2.50. The largest absolute Gasteiger partial charge is 0.289 e. The number of sulfonamides is 1. The Morgan fingerprint density at radius 2 is 1.75 bits per heavy atom. The highest BCUT2D eigenvalue weighted by atomic mass is 32.2. The zero-order chi connectivity index (χ0) is 17.9. The lowest BCUT2D eigenvalue weighted by Crippen LogP contribution is -2.31. The van der Waals surface area contributed by atoms with Crippen LogP contribution in [0.15, 0.2) is 60.0 Å². The van der Waals surface area contributed by atoms with Gasteiger partial charge in [0.1, 0.15) is 0 Å². The van der Waals surface area contributed by atoms with Crippen LogP contribution < -0.4 is 4.31 Å². The second kappa shape index (κ2) is 6.84. The molecule has 0 bridgehead atoms. The number of nitro benzene ring substituents is 1. The van der Waals surface area contributed by atoms with E-state index in [4.69, 9.17) is 0 Å². The molecule has 6 nitrogen and oxygen atoms in total. The normalized spacial score (nSPS) is 11.1. The summed E-state index contributed by atoms with van der Waals surface area (Å²) in [5.74, 6) is 0. The van der Waals surface area contributed by atoms with Crippen LogP contribution in [0.2, 0.25) is 0 Å². The number of anilines is 1. The van der Waals surface area contributed by atoms with Gasteiger partial charge in [-0.3, -0.25) is 14.4 Å². The Balaban J connectivity index is 2.66. The molecule has 7 heteroatoms. The molecule has 24 heavy (non-hydrogen) atoms. The van der Waals surface area contributed by atoms with Gasteiger partial charge in [0.25, 0.3) is 15.7 Å². The van der Waals surface area contributed by atoms with E-state index in [0.717, 1.165) is 15.4 Å². The molecular weight excluding hydrogens is 328 g/mol. The zero-order valence-corrected chi connectivity index (χ0v) is 14.3. The van der Waals surface area contributed by atoms with Crippen molar-refractivity contribution in [3.05, 3.63) is 76.4 Å². The molecule has 0 atom stereocenters. The van der Waals surface area contributed by atoms with Gasteiger partial charge in [-0.05, 0) is 43.2 Å². The molecule has 126 valence electrons. The Kier molecular flexibility index (Phi) is 5.04. The fourth-order valence-corrected chi connectivity index (χ4v) is 4.08. The van der Waals surface area contributed by atoms with Crippen LogP contribution in [0.4, 0.5) is 11.4 Å². The first kappa shape index (κ1) is 17.7. The van der Waals surface area contributed by atoms with E-state index in [2.05, 4.69) is 6.58 Å². The van der Waals surface area contributed by atoms with E-state index in [-0.39, 0.29) is 11.4 Å². The fraction of sp³-hybridized carbons (Fsp3) is 0.176. The first-order chi connectivity index (χ1) is 11.3.